The van der Waals surface area contributed by atoms with Crippen LogP contribution in [0.5, 0.6) is 0 Å². The van der Waals surface area contributed by atoms with Gasteiger partial charge in [0.05, 0.1) is 17.1 Å². The van der Waals surface area contributed by atoms with Crippen LogP contribution in [-0.2, 0) is 6.67 Å². The highest BCUT2D eigenvalue weighted by atomic mass is 15.4. The molecule has 4 nitrogen and oxygen atoms in total. The fourth-order valence-corrected chi connectivity index (χ4v) is 2.21. The molecule has 2 heterocycles. The lowest BCUT2D eigenvalue weighted by atomic mass is 10.3. The van der Waals surface area contributed by atoms with Crippen molar-refractivity contribution in [2.24, 2.45) is 0 Å². The molecule has 4 heteroatoms. The van der Waals surface area contributed by atoms with E-state index in [2.05, 4.69) is 46.9 Å². The molecule has 0 spiro atoms. The molecule has 16 heavy (non-hydrogen) atoms. The van der Waals surface area contributed by atoms with Crippen LogP contribution in [0.3, 0.4) is 0 Å². The molecule has 1 aromatic carbocycles. The van der Waals surface area contributed by atoms with Crippen molar-refractivity contribution in [1.29, 1.82) is 0 Å². The second-order valence-electron chi connectivity index (χ2n) is 4.68. The van der Waals surface area contributed by atoms with Crippen LogP contribution >= 0.6 is 0 Å². The van der Waals surface area contributed by atoms with Gasteiger partial charge in [0, 0.05) is 0 Å². The molecule has 0 fully saturated rings. The Hall–Kier alpha value is -1.55. The zero-order chi connectivity index (χ0) is 11.1. The Balaban J connectivity index is 2.08. The summed E-state index contributed by atoms with van der Waals surface area (Å²) in [6, 6.07) is 8.94. The lowest BCUT2D eigenvalue weighted by Crippen LogP contribution is -3.16. The smallest absolute Gasteiger partial charge is 0.212 e. The summed E-state index contributed by atoms with van der Waals surface area (Å²) in [7, 11) is 0. The minimum absolute atomic E-state index is 0.627. The van der Waals surface area contributed by atoms with E-state index in [1.54, 1.807) is 0 Å². The summed E-state index contributed by atoms with van der Waals surface area (Å²) in [5.74, 6) is 1.01. The summed E-state index contributed by atoms with van der Waals surface area (Å²) < 4.78 is 2.27. The number of hydrogen-bond donors (Lipinski definition) is 2. The fraction of sp³-hybridized carbons (Fsp3) is 0.417. The highest BCUT2D eigenvalue weighted by Crippen LogP contribution is 2.19. The molecular weight excluding hydrogens is 200 g/mol. The largest absolute Gasteiger partial charge is 0.309 e. The Kier molecular flexibility index (Phi) is 2.11. The first-order valence-corrected chi connectivity index (χ1v) is 5.79. The van der Waals surface area contributed by atoms with Gasteiger partial charge in [-0.25, -0.2) is 4.98 Å². The van der Waals surface area contributed by atoms with Crippen molar-refractivity contribution >= 4 is 17.0 Å². The number of anilines is 1. The molecule has 0 bridgehead atoms. The van der Waals surface area contributed by atoms with Crippen LogP contribution in [0.1, 0.15) is 13.8 Å². The number of fused-ring (bicyclic) bond motifs is 3. The lowest BCUT2D eigenvalue weighted by Gasteiger charge is -2.29. The van der Waals surface area contributed by atoms with Gasteiger partial charge in [-0.15, -0.1) is 0 Å². The third-order valence-corrected chi connectivity index (χ3v) is 3.31. The van der Waals surface area contributed by atoms with Crippen molar-refractivity contribution in [2.75, 3.05) is 12.0 Å². The third-order valence-electron chi connectivity index (χ3n) is 3.31. The van der Waals surface area contributed by atoms with Crippen LogP contribution in [0.25, 0.3) is 11.0 Å². The molecule has 0 saturated heterocycles. The van der Waals surface area contributed by atoms with Crippen molar-refractivity contribution in [3.05, 3.63) is 24.3 Å². The van der Waals surface area contributed by atoms with Crippen LogP contribution in [0.4, 0.5) is 5.95 Å². The highest BCUT2D eigenvalue weighted by Gasteiger charge is 2.23. The van der Waals surface area contributed by atoms with E-state index in [0.29, 0.717) is 6.04 Å². The molecular formula is C12H17N4+. The number of para-hydroxylation sites is 2. The number of quaternary nitrogens is 1. The van der Waals surface area contributed by atoms with Gasteiger partial charge in [0.2, 0.25) is 5.95 Å². The standard InChI is InChI=1S/C12H16N4/c1-9(2)15-7-13-12-14-10-5-3-4-6-11(10)16(12)8-15/h3-6,9H,7-8H2,1-2H3,(H,13,14)/p+1. The van der Waals surface area contributed by atoms with Crippen LogP contribution in [0.2, 0.25) is 0 Å². The summed E-state index contributed by atoms with van der Waals surface area (Å²) in [6.07, 6.45) is 0. The number of nitrogens with one attached hydrogen (secondary N) is 2. The van der Waals surface area contributed by atoms with E-state index in [0.717, 1.165) is 24.8 Å². The Morgan fingerprint density at radius 3 is 3.00 bits per heavy atom. The summed E-state index contributed by atoms with van der Waals surface area (Å²) in [5.41, 5.74) is 2.30. The maximum atomic E-state index is 4.59. The minimum atomic E-state index is 0.627. The second-order valence-corrected chi connectivity index (χ2v) is 4.68. The second kappa shape index (κ2) is 3.49. The van der Waals surface area contributed by atoms with Gasteiger partial charge < -0.3 is 5.32 Å². The molecule has 0 radical (unpaired) electrons. The van der Waals surface area contributed by atoms with E-state index in [1.807, 2.05) is 6.07 Å². The molecule has 1 aromatic heterocycles. The molecule has 1 aliphatic heterocycles. The van der Waals surface area contributed by atoms with Crippen LogP contribution in [0.15, 0.2) is 24.3 Å². The average molecular weight is 217 g/mol. The zero-order valence-corrected chi connectivity index (χ0v) is 9.70. The molecule has 2 aromatic rings. The van der Waals surface area contributed by atoms with Crippen molar-refractivity contribution < 1.29 is 4.90 Å². The SMILES string of the molecule is CC(C)[NH+]1CNc2nc3ccccc3n2C1. The number of benzene rings is 1. The number of rotatable bonds is 1. The molecule has 1 unspecified atom stereocenters. The molecule has 0 saturated carbocycles. The monoisotopic (exact) mass is 217 g/mol. The molecule has 3 rings (SSSR count). The van der Waals surface area contributed by atoms with Crippen molar-refractivity contribution in [3.8, 4) is 0 Å². The molecule has 2 N–H and O–H groups in total. The van der Waals surface area contributed by atoms with Gasteiger partial charge in [0.25, 0.3) is 0 Å². The van der Waals surface area contributed by atoms with Crippen molar-refractivity contribution in [1.82, 2.24) is 9.55 Å². The zero-order valence-electron chi connectivity index (χ0n) is 9.70. The quantitative estimate of drug-likeness (QED) is 0.736. The van der Waals surface area contributed by atoms with Gasteiger partial charge in [0.1, 0.15) is 0 Å². The van der Waals surface area contributed by atoms with Gasteiger partial charge >= 0.3 is 0 Å². The molecule has 0 amide bonds. The van der Waals surface area contributed by atoms with Crippen LogP contribution in [0, 0.1) is 0 Å². The van der Waals surface area contributed by atoms with Crippen molar-refractivity contribution in [2.45, 2.75) is 26.6 Å². The first kappa shape index (κ1) is 9.66. The van der Waals surface area contributed by atoms with E-state index < -0.39 is 0 Å². The maximum Gasteiger partial charge on any atom is 0.212 e. The predicted molar refractivity (Wildman–Crippen MR) is 64.3 cm³/mol. The van der Waals surface area contributed by atoms with Crippen LogP contribution in [-0.4, -0.2) is 22.3 Å². The topological polar surface area (TPSA) is 34.3 Å². The minimum Gasteiger partial charge on any atom is -0.309 e. The van der Waals surface area contributed by atoms with Gasteiger partial charge in [-0.05, 0) is 26.0 Å². The van der Waals surface area contributed by atoms with Crippen molar-refractivity contribution in [3.63, 3.8) is 0 Å². The summed E-state index contributed by atoms with van der Waals surface area (Å²) >= 11 is 0. The third kappa shape index (κ3) is 1.38. The molecule has 84 valence electrons. The number of nitrogens with zero attached hydrogens (tertiary/aromatic N) is 2. The average Bonchev–Trinajstić information content (AvgIpc) is 2.66. The van der Waals surface area contributed by atoms with E-state index in [4.69, 9.17) is 0 Å². The number of imidazole rings is 1. The van der Waals surface area contributed by atoms with E-state index >= 15 is 0 Å². The van der Waals surface area contributed by atoms with Gasteiger partial charge in [-0.2, -0.15) is 0 Å². The first-order valence-electron chi connectivity index (χ1n) is 5.79. The highest BCUT2D eigenvalue weighted by molar-refractivity contribution is 5.78. The number of aromatic nitrogens is 2. The van der Waals surface area contributed by atoms with E-state index in [-0.39, 0.29) is 0 Å². The molecule has 0 aliphatic carbocycles. The fourth-order valence-electron chi connectivity index (χ4n) is 2.21. The normalized spacial score (nSPS) is 19.8. The maximum absolute atomic E-state index is 4.59. The van der Waals surface area contributed by atoms with E-state index in [1.165, 1.54) is 10.4 Å². The van der Waals surface area contributed by atoms with Gasteiger partial charge in [-0.3, -0.25) is 9.47 Å². The first-order chi connectivity index (χ1) is 7.75. The predicted octanol–water partition coefficient (Wildman–Crippen LogP) is 0.670. The Bertz CT molecular complexity index is 515. The Morgan fingerprint density at radius 2 is 2.19 bits per heavy atom. The summed E-state index contributed by atoms with van der Waals surface area (Å²) in [5, 5.41) is 3.40. The van der Waals surface area contributed by atoms with Gasteiger partial charge in [0.15, 0.2) is 13.3 Å². The molecule has 1 atom stereocenters. The molecule has 1 aliphatic rings. The van der Waals surface area contributed by atoms with E-state index in [9.17, 15) is 0 Å². The van der Waals surface area contributed by atoms with Gasteiger partial charge in [-0.1, -0.05) is 12.1 Å². The van der Waals surface area contributed by atoms with Crippen LogP contribution < -0.4 is 10.2 Å². The summed E-state index contributed by atoms with van der Waals surface area (Å²) in [6.45, 7) is 6.46. The number of hydrogen-bond acceptors (Lipinski definition) is 2. The Labute approximate surface area is 94.9 Å². The summed E-state index contributed by atoms with van der Waals surface area (Å²) in [4.78, 5) is 6.12. The Morgan fingerprint density at radius 1 is 1.38 bits per heavy atom. The lowest BCUT2D eigenvalue weighted by molar-refractivity contribution is -0.942.